The summed E-state index contributed by atoms with van der Waals surface area (Å²) in [6.45, 7) is -0.203. The number of ether oxygens (including phenoxy) is 1. The molecule has 1 heterocycles. The van der Waals surface area contributed by atoms with E-state index < -0.39 is 47.0 Å². The molecule has 1 fully saturated rings. The predicted molar refractivity (Wildman–Crippen MR) is 136 cm³/mol. The minimum absolute atomic E-state index is 0.0149. The Morgan fingerprint density at radius 3 is 1.93 bits per heavy atom. The SMILES string of the molecule is O=C(CNC(=O)c1ccccc1OC1CCN(C(=O)c2cc(C(F)(F)F)cc(C(F)(F)F)c2)CC1)c1ccccc1. The number of nitrogens with zero attached hydrogens (tertiary/aromatic N) is 1. The van der Waals surface area contributed by atoms with Gasteiger partial charge in [0.2, 0.25) is 0 Å². The summed E-state index contributed by atoms with van der Waals surface area (Å²) in [5.41, 5.74) is -3.21. The molecule has 0 aliphatic carbocycles. The molecule has 0 radical (unpaired) electrons. The average Bonchev–Trinajstić information content (AvgIpc) is 2.95. The summed E-state index contributed by atoms with van der Waals surface area (Å²) in [5, 5.41) is 2.56. The first-order valence-corrected chi connectivity index (χ1v) is 12.5. The van der Waals surface area contributed by atoms with E-state index in [1.807, 2.05) is 0 Å². The lowest BCUT2D eigenvalue weighted by Crippen LogP contribution is -2.42. The first kappa shape index (κ1) is 29.6. The maximum Gasteiger partial charge on any atom is 0.416 e. The van der Waals surface area contributed by atoms with E-state index in [-0.39, 0.29) is 55.6 Å². The van der Waals surface area contributed by atoms with E-state index in [4.69, 9.17) is 4.74 Å². The molecule has 3 aromatic rings. The van der Waals surface area contributed by atoms with Crippen molar-refractivity contribution in [3.05, 3.63) is 101 Å². The Morgan fingerprint density at radius 2 is 1.34 bits per heavy atom. The van der Waals surface area contributed by atoms with Gasteiger partial charge in [0.05, 0.1) is 23.2 Å². The van der Waals surface area contributed by atoms with Gasteiger partial charge < -0.3 is 15.0 Å². The highest BCUT2D eigenvalue weighted by molar-refractivity contribution is 6.03. The number of halogens is 6. The molecular weight excluding hydrogens is 554 g/mol. The van der Waals surface area contributed by atoms with Crippen molar-refractivity contribution in [2.45, 2.75) is 31.3 Å². The van der Waals surface area contributed by atoms with Crippen molar-refractivity contribution in [2.24, 2.45) is 0 Å². The molecule has 0 atom stereocenters. The van der Waals surface area contributed by atoms with Crippen LogP contribution in [0.4, 0.5) is 26.3 Å². The first-order valence-electron chi connectivity index (χ1n) is 12.5. The van der Waals surface area contributed by atoms with Gasteiger partial charge in [0, 0.05) is 37.1 Å². The van der Waals surface area contributed by atoms with Gasteiger partial charge in [0.15, 0.2) is 5.78 Å². The second kappa shape index (κ2) is 12.0. The highest BCUT2D eigenvalue weighted by Gasteiger charge is 2.38. The molecule has 1 saturated heterocycles. The standard InChI is InChI=1S/C29H24F6N2O4/c30-28(31,32)20-14-19(15-21(16-20)29(33,34)35)27(40)37-12-10-22(11-13-37)41-25-9-5-4-8-23(25)26(39)36-17-24(38)18-6-2-1-3-7-18/h1-9,14-16,22H,10-13,17H2,(H,36,39). The number of carbonyl (C=O) groups excluding carboxylic acids is 3. The largest absolute Gasteiger partial charge is 0.489 e. The molecule has 6 nitrogen and oxygen atoms in total. The van der Waals surface area contributed by atoms with E-state index in [9.17, 15) is 40.7 Å². The third-order valence-electron chi connectivity index (χ3n) is 6.49. The number of hydrogen-bond acceptors (Lipinski definition) is 4. The van der Waals surface area contributed by atoms with Gasteiger partial charge in [-0.15, -0.1) is 0 Å². The average molecular weight is 579 g/mol. The van der Waals surface area contributed by atoms with Crippen LogP contribution in [0.5, 0.6) is 5.75 Å². The van der Waals surface area contributed by atoms with E-state index >= 15 is 0 Å². The molecule has 0 unspecified atom stereocenters. The summed E-state index contributed by atoms with van der Waals surface area (Å²) in [6.07, 6.45) is -10.2. The molecule has 1 N–H and O–H groups in total. The summed E-state index contributed by atoms with van der Waals surface area (Å²) in [4.78, 5) is 39.1. The molecule has 41 heavy (non-hydrogen) atoms. The zero-order chi connectivity index (χ0) is 29.8. The lowest BCUT2D eigenvalue weighted by molar-refractivity contribution is -0.143. The number of carbonyl (C=O) groups is 3. The van der Waals surface area contributed by atoms with E-state index in [1.165, 1.54) is 11.0 Å². The number of hydrogen-bond donors (Lipinski definition) is 1. The quantitative estimate of drug-likeness (QED) is 0.275. The van der Waals surface area contributed by atoms with Crippen LogP contribution in [0.2, 0.25) is 0 Å². The third-order valence-corrected chi connectivity index (χ3v) is 6.49. The van der Waals surface area contributed by atoms with Crippen molar-refractivity contribution in [2.75, 3.05) is 19.6 Å². The Kier molecular flexibility index (Phi) is 8.69. The molecule has 4 rings (SSSR count). The van der Waals surface area contributed by atoms with Crippen molar-refractivity contribution in [1.82, 2.24) is 10.2 Å². The summed E-state index contributed by atoms with van der Waals surface area (Å²) in [7, 11) is 0. The van der Waals surface area contributed by atoms with Crippen LogP contribution < -0.4 is 10.1 Å². The van der Waals surface area contributed by atoms with Crippen LogP contribution in [0.1, 0.15) is 55.0 Å². The van der Waals surface area contributed by atoms with Crippen LogP contribution in [0.25, 0.3) is 0 Å². The van der Waals surface area contributed by atoms with E-state index in [2.05, 4.69) is 5.32 Å². The molecule has 3 aromatic carbocycles. The van der Waals surface area contributed by atoms with Crippen LogP contribution >= 0.6 is 0 Å². The molecule has 1 aliphatic heterocycles. The lowest BCUT2D eigenvalue weighted by Gasteiger charge is -2.32. The topological polar surface area (TPSA) is 75.7 Å². The van der Waals surface area contributed by atoms with Gasteiger partial charge in [-0.1, -0.05) is 42.5 Å². The van der Waals surface area contributed by atoms with Gasteiger partial charge in [0.1, 0.15) is 11.9 Å². The van der Waals surface area contributed by atoms with Crippen LogP contribution in [0.3, 0.4) is 0 Å². The summed E-state index contributed by atoms with van der Waals surface area (Å²) >= 11 is 0. The third kappa shape index (κ3) is 7.44. The Labute approximate surface area is 230 Å². The van der Waals surface area contributed by atoms with E-state index in [0.29, 0.717) is 17.7 Å². The van der Waals surface area contributed by atoms with Gasteiger partial charge in [-0.25, -0.2) is 0 Å². The number of piperidine rings is 1. The van der Waals surface area contributed by atoms with Crippen molar-refractivity contribution in [3.63, 3.8) is 0 Å². The van der Waals surface area contributed by atoms with Crippen LogP contribution in [0.15, 0.2) is 72.8 Å². The van der Waals surface area contributed by atoms with Gasteiger partial charge in [-0.3, -0.25) is 14.4 Å². The number of nitrogens with one attached hydrogen (secondary N) is 1. The second-order valence-electron chi connectivity index (χ2n) is 9.37. The van der Waals surface area contributed by atoms with Crippen LogP contribution in [-0.4, -0.2) is 48.2 Å². The monoisotopic (exact) mass is 578 g/mol. The lowest BCUT2D eigenvalue weighted by atomic mass is 10.0. The molecule has 1 aliphatic rings. The second-order valence-corrected chi connectivity index (χ2v) is 9.37. The number of amides is 2. The number of alkyl halides is 6. The van der Waals surface area contributed by atoms with Crippen molar-refractivity contribution < 1.29 is 45.5 Å². The predicted octanol–water partition coefficient (Wildman–Crippen LogP) is 6.02. The fourth-order valence-corrected chi connectivity index (χ4v) is 4.36. The highest BCUT2D eigenvalue weighted by atomic mass is 19.4. The molecule has 216 valence electrons. The van der Waals surface area contributed by atoms with Crippen LogP contribution in [-0.2, 0) is 12.4 Å². The van der Waals surface area contributed by atoms with Crippen LogP contribution in [0, 0.1) is 0 Å². The summed E-state index contributed by atoms with van der Waals surface area (Å²) in [6, 6.07) is 15.6. The molecule has 0 saturated carbocycles. The van der Waals surface area contributed by atoms with Gasteiger partial charge >= 0.3 is 12.4 Å². The smallest absolute Gasteiger partial charge is 0.416 e. The fourth-order valence-electron chi connectivity index (χ4n) is 4.36. The van der Waals surface area contributed by atoms with Crippen molar-refractivity contribution in [3.8, 4) is 5.75 Å². The molecule has 12 heteroatoms. The maximum absolute atomic E-state index is 13.2. The normalized spacial score (nSPS) is 14.4. The summed E-state index contributed by atoms with van der Waals surface area (Å²) < 4.78 is 85.2. The maximum atomic E-state index is 13.2. The number of likely N-dealkylation sites (tertiary alicyclic amines) is 1. The summed E-state index contributed by atoms with van der Waals surface area (Å²) in [5.74, 6) is -1.54. The Morgan fingerprint density at radius 1 is 0.780 bits per heavy atom. The van der Waals surface area contributed by atoms with E-state index in [0.717, 1.165) is 0 Å². The Hall–Kier alpha value is -4.35. The Balaban J connectivity index is 1.39. The van der Waals surface area contributed by atoms with Gasteiger partial charge in [0.25, 0.3) is 11.8 Å². The van der Waals surface area contributed by atoms with E-state index in [1.54, 1.807) is 48.5 Å². The number of ketones is 1. The molecule has 0 bridgehead atoms. The first-order chi connectivity index (χ1) is 19.3. The van der Waals surface area contributed by atoms with Gasteiger partial charge in [-0.05, 0) is 30.3 Å². The van der Waals surface area contributed by atoms with Crippen molar-refractivity contribution >= 4 is 17.6 Å². The molecule has 0 spiro atoms. The highest BCUT2D eigenvalue weighted by Crippen LogP contribution is 2.37. The zero-order valence-electron chi connectivity index (χ0n) is 21.4. The number of para-hydroxylation sites is 1. The Bertz CT molecular complexity index is 1380. The fraction of sp³-hybridized carbons (Fsp3) is 0.276. The number of rotatable bonds is 7. The molecule has 2 amide bonds. The zero-order valence-corrected chi connectivity index (χ0v) is 21.4. The molecular formula is C29H24F6N2O4. The van der Waals surface area contributed by atoms with Crippen molar-refractivity contribution in [1.29, 1.82) is 0 Å². The minimum Gasteiger partial charge on any atom is -0.489 e. The molecule has 0 aromatic heterocycles. The van der Waals surface area contributed by atoms with Gasteiger partial charge in [-0.2, -0.15) is 26.3 Å². The minimum atomic E-state index is -5.06. The number of benzene rings is 3. The number of Topliss-reactive ketones (excluding diaryl/α,β-unsaturated/α-hetero) is 1.